The van der Waals surface area contributed by atoms with Gasteiger partial charge < -0.3 is 24.3 Å². The minimum Gasteiger partial charge on any atom is -0.491 e. The Morgan fingerprint density at radius 3 is 2.67 bits per heavy atom. The molecule has 1 fully saturated rings. The first kappa shape index (κ1) is 19.9. The van der Waals surface area contributed by atoms with Crippen molar-refractivity contribution in [3.8, 4) is 11.5 Å². The summed E-state index contributed by atoms with van der Waals surface area (Å²) in [6.07, 6.45) is 2.15. The lowest BCUT2D eigenvalue weighted by Gasteiger charge is -2.18. The lowest BCUT2D eigenvalue weighted by molar-refractivity contribution is -0.118. The van der Waals surface area contributed by atoms with Gasteiger partial charge in [-0.1, -0.05) is 0 Å². The van der Waals surface area contributed by atoms with E-state index in [1.807, 2.05) is 0 Å². The zero-order valence-corrected chi connectivity index (χ0v) is 16.2. The van der Waals surface area contributed by atoms with Gasteiger partial charge >= 0.3 is 5.97 Å². The average molecular weight is 411 g/mol. The molecular weight excluding hydrogens is 390 g/mol. The van der Waals surface area contributed by atoms with E-state index < -0.39 is 12.6 Å². The van der Waals surface area contributed by atoms with Gasteiger partial charge in [0.1, 0.15) is 18.1 Å². The highest BCUT2D eigenvalue weighted by Gasteiger charge is 2.19. The van der Waals surface area contributed by atoms with Crippen molar-refractivity contribution in [2.24, 2.45) is 0 Å². The van der Waals surface area contributed by atoms with Crippen molar-refractivity contribution in [2.45, 2.75) is 18.9 Å². The van der Waals surface area contributed by atoms with E-state index in [1.165, 1.54) is 6.07 Å². The molecule has 1 N–H and O–H groups in total. The molecule has 1 atom stereocenters. The van der Waals surface area contributed by atoms with Crippen molar-refractivity contribution < 1.29 is 33.3 Å². The number of ether oxygens (including phenoxy) is 4. The highest BCUT2D eigenvalue weighted by Crippen LogP contribution is 2.28. The molecule has 0 unspecified atom stereocenters. The van der Waals surface area contributed by atoms with E-state index in [1.54, 1.807) is 36.4 Å². The maximum atomic E-state index is 12.4. The number of carbonyl (C=O) groups is 3. The first-order valence-electron chi connectivity index (χ1n) is 9.70. The first-order chi connectivity index (χ1) is 14.6. The van der Waals surface area contributed by atoms with Crippen LogP contribution in [0.3, 0.4) is 0 Å². The molecule has 0 aliphatic carbocycles. The SMILES string of the molecule is O=C1COc2ccc(C(=O)COC(=O)c3ccc(OC[C@H]4CCCO4)cc3)cc2N1. The monoisotopic (exact) mass is 411 g/mol. The first-order valence-corrected chi connectivity index (χ1v) is 9.70. The third kappa shape index (κ3) is 4.77. The van der Waals surface area contributed by atoms with Crippen LogP contribution in [0.5, 0.6) is 11.5 Å². The Balaban J connectivity index is 1.29. The number of esters is 1. The summed E-state index contributed by atoms with van der Waals surface area (Å²) < 4.78 is 21.5. The van der Waals surface area contributed by atoms with Gasteiger partial charge in [0.05, 0.1) is 17.4 Å². The molecule has 8 nitrogen and oxygen atoms in total. The van der Waals surface area contributed by atoms with Crippen LogP contribution >= 0.6 is 0 Å². The van der Waals surface area contributed by atoms with Gasteiger partial charge in [0.2, 0.25) is 0 Å². The summed E-state index contributed by atoms with van der Waals surface area (Å²) in [4.78, 5) is 36.0. The van der Waals surface area contributed by atoms with Gasteiger partial charge in [-0.2, -0.15) is 0 Å². The molecule has 2 aromatic rings. The molecule has 2 heterocycles. The molecule has 0 saturated carbocycles. The molecule has 2 aliphatic heterocycles. The van der Waals surface area contributed by atoms with Gasteiger partial charge in [-0.3, -0.25) is 9.59 Å². The van der Waals surface area contributed by atoms with E-state index in [2.05, 4.69) is 5.32 Å². The van der Waals surface area contributed by atoms with E-state index in [-0.39, 0.29) is 24.4 Å². The predicted molar refractivity (Wildman–Crippen MR) is 106 cm³/mol. The largest absolute Gasteiger partial charge is 0.491 e. The van der Waals surface area contributed by atoms with Gasteiger partial charge in [0.15, 0.2) is 19.0 Å². The molecule has 0 radical (unpaired) electrons. The van der Waals surface area contributed by atoms with Crippen molar-refractivity contribution in [2.75, 3.05) is 31.7 Å². The summed E-state index contributed by atoms with van der Waals surface area (Å²) in [5.74, 6) is -0.158. The van der Waals surface area contributed by atoms with E-state index in [9.17, 15) is 14.4 Å². The number of anilines is 1. The number of fused-ring (bicyclic) bond motifs is 1. The van der Waals surface area contributed by atoms with Crippen LogP contribution in [0.15, 0.2) is 42.5 Å². The zero-order valence-electron chi connectivity index (χ0n) is 16.2. The molecule has 30 heavy (non-hydrogen) atoms. The number of Topliss-reactive ketones (excluding diaryl/α,β-unsaturated/α-hetero) is 1. The molecule has 0 bridgehead atoms. The number of hydrogen-bond acceptors (Lipinski definition) is 7. The topological polar surface area (TPSA) is 100 Å². The van der Waals surface area contributed by atoms with Crippen LogP contribution in [0.25, 0.3) is 0 Å². The van der Waals surface area contributed by atoms with Crippen molar-refractivity contribution in [3.05, 3.63) is 53.6 Å². The van der Waals surface area contributed by atoms with Gasteiger partial charge in [0, 0.05) is 12.2 Å². The Hall–Kier alpha value is -3.39. The lowest BCUT2D eigenvalue weighted by Crippen LogP contribution is -2.25. The summed E-state index contributed by atoms with van der Waals surface area (Å²) in [6.45, 7) is 0.774. The molecule has 4 rings (SSSR count). The molecule has 2 aliphatic rings. The van der Waals surface area contributed by atoms with Crippen molar-refractivity contribution in [1.29, 1.82) is 0 Å². The second-order valence-corrected chi connectivity index (χ2v) is 7.02. The molecular formula is C22H21NO7. The second-order valence-electron chi connectivity index (χ2n) is 7.02. The third-order valence-corrected chi connectivity index (χ3v) is 4.82. The number of rotatable bonds is 7. The summed E-state index contributed by atoms with van der Waals surface area (Å²) in [6, 6.07) is 11.2. The summed E-state index contributed by atoms with van der Waals surface area (Å²) in [7, 11) is 0. The van der Waals surface area contributed by atoms with Gasteiger partial charge in [0.25, 0.3) is 5.91 Å². The van der Waals surface area contributed by atoms with E-state index in [4.69, 9.17) is 18.9 Å². The molecule has 2 aromatic carbocycles. The Kier molecular flexibility index (Phi) is 5.94. The average Bonchev–Trinajstić information content (AvgIpc) is 3.29. The van der Waals surface area contributed by atoms with Crippen molar-refractivity contribution >= 4 is 23.3 Å². The number of nitrogens with one attached hydrogen (secondary N) is 1. The third-order valence-electron chi connectivity index (χ3n) is 4.82. The van der Waals surface area contributed by atoms with Gasteiger partial charge in [-0.25, -0.2) is 4.79 Å². The maximum Gasteiger partial charge on any atom is 0.338 e. The smallest absolute Gasteiger partial charge is 0.338 e. The minimum atomic E-state index is -0.608. The van der Waals surface area contributed by atoms with E-state index in [0.29, 0.717) is 34.9 Å². The second kappa shape index (κ2) is 8.96. The van der Waals surface area contributed by atoms with E-state index >= 15 is 0 Å². The van der Waals surface area contributed by atoms with E-state index in [0.717, 1.165) is 19.4 Å². The molecule has 156 valence electrons. The van der Waals surface area contributed by atoms with Crippen LogP contribution in [-0.2, 0) is 14.3 Å². The molecule has 8 heteroatoms. The van der Waals surface area contributed by atoms with Gasteiger partial charge in [-0.15, -0.1) is 0 Å². The predicted octanol–water partition coefficient (Wildman–Crippen LogP) is 2.62. The van der Waals surface area contributed by atoms with Crippen LogP contribution < -0.4 is 14.8 Å². The Morgan fingerprint density at radius 2 is 1.90 bits per heavy atom. The summed E-state index contributed by atoms with van der Waals surface area (Å²) in [5.41, 5.74) is 1.05. The maximum absolute atomic E-state index is 12.4. The Labute approximate surface area is 173 Å². The molecule has 1 amide bonds. The highest BCUT2D eigenvalue weighted by molar-refractivity contribution is 6.02. The molecule has 0 spiro atoms. The van der Waals surface area contributed by atoms with Crippen LogP contribution in [0.2, 0.25) is 0 Å². The fourth-order valence-electron chi connectivity index (χ4n) is 3.21. The fraction of sp³-hybridized carbons (Fsp3) is 0.318. The minimum absolute atomic E-state index is 0.0594. The number of benzene rings is 2. The van der Waals surface area contributed by atoms with Crippen LogP contribution in [0.1, 0.15) is 33.6 Å². The number of hydrogen-bond donors (Lipinski definition) is 1. The molecule has 1 saturated heterocycles. The number of carbonyl (C=O) groups excluding carboxylic acids is 3. The standard InChI is InChI=1S/C22H21NO7/c24-19(15-5-8-20-18(10-15)23-21(25)13-29-20)12-30-22(26)14-3-6-16(7-4-14)28-11-17-2-1-9-27-17/h3-8,10,17H,1-2,9,11-13H2,(H,23,25)/t17-/m1/s1. The van der Waals surface area contributed by atoms with Crippen LogP contribution in [-0.4, -0.2) is 50.2 Å². The molecule has 0 aromatic heterocycles. The fourth-order valence-corrected chi connectivity index (χ4v) is 3.21. The van der Waals surface area contributed by atoms with Crippen molar-refractivity contribution in [3.63, 3.8) is 0 Å². The van der Waals surface area contributed by atoms with Crippen LogP contribution in [0.4, 0.5) is 5.69 Å². The number of amides is 1. The van der Waals surface area contributed by atoms with Gasteiger partial charge in [-0.05, 0) is 55.3 Å². The quantitative estimate of drug-likeness (QED) is 0.552. The normalized spacial score (nSPS) is 17.5. The summed E-state index contributed by atoms with van der Waals surface area (Å²) in [5, 5.41) is 2.64. The Bertz CT molecular complexity index is 948. The lowest BCUT2D eigenvalue weighted by atomic mass is 10.1. The number of ketones is 1. The zero-order chi connectivity index (χ0) is 20.9. The summed E-state index contributed by atoms with van der Waals surface area (Å²) >= 11 is 0. The van der Waals surface area contributed by atoms with Crippen LogP contribution in [0, 0.1) is 0 Å². The Morgan fingerprint density at radius 1 is 1.10 bits per heavy atom. The highest BCUT2D eigenvalue weighted by atomic mass is 16.5. The van der Waals surface area contributed by atoms with Crippen molar-refractivity contribution in [1.82, 2.24) is 0 Å².